The van der Waals surface area contributed by atoms with Crippen LogP contribution in [0, 0.1) is 0 Å². The number of hydrogen-bond acceptors (Lipinski definition) is 6. The van der Waals surface area contributed by atoms with E-state index in [0.29, 0.717) is 0 Å². The van der Waals surface area contributed by atoms with Gasteiger partial charge in [-0.2, -0.15) is 0 Å². The molecule has 4 atom stereocenters. The Labute approximate surface area is 69.2 Å². The summed E-state index contributed by atoms with van der Waals surface area (Å²) in [5.74, 6) is 0. The molecule has 0 amide bonds. The Kier molecular flexibility index (Phi) is 4.95. The number of aliphatic hydroxyl groups is 4. The summed E-state index contributed by atoms with van der Waals surface area (Å²) in [6.45, 7) is -0.260. The highest BCUT2D eigenvalue weighted by Crippen LogP contribution is 2.02. The standard InChI is InChI=1S/C6H13NO5/c7-1-3(9)5(11)6(12)4(10)2-8/h2-6,9-12H,1,7H2/t3-,4+,5-,6-/m1/s1. The third kappa shape index (κ3) is 2.84. The predicted molar refractivity (Wildman–Crippen MR) is 39.1 cm³/mol. The van der Waals surface area contributed by atoms with Crippen LogP contribution in [-0.2, 0) is 4.79 Å². The van der Waals surface area contributed by atoms with Gasteiger partial charge in [0.15, 0.2) is 6.29 Å². The predicted octanol–water partition coefficient (Wildman–Crippen LogP) is -3.41. The highest BCUT2D eigenvalue weighted by atomic mass is 16.4. The highest BCUT2D eigenvalue weighted by molar-refractivity contribution is 5.56. The van der Waals surface area contributed by atoms with Gasteiger partial charge >= 0.3 is 0 Å². The lowest BCUT2D eigenvalue weighted by molar-refractivity contribution is -0.132. The first-order chi connectivity index (χ1) is 5.54. The van der Waals surface area contributed by atoms with Crippen LogP contribution in [0.2, 0.25) is 0 Å². The second-order valence-corrected chi connectivity index (χ2v) is 2.41. The first kappa shape index (κ1) is 11.5. The summed E-state index contributed by atoms with van der Waals surface area (Å²) in [5, 5.41) is 35.5. The van der Waals surface area contributed by atoms with Crippen LogP contribution in [0.15, 0.2) is 0 Å². The summed E-state index contributed by atoms with van der Waals surface area (Å²) < 4.78 is 0. The molecule has 6 heteroatoms. The number of hydrogen-bond donors (Lipinski definition) is 5. The van der Waals surface area contributed by atoms with Gasteiger partial charge in [0.05, 0.1) is 6.10 Å². The van der Waals surface area contributed by atoms with E-state index in [1.165, 1.54) is 0 Å². The lowest BCUT2D eigenvalue weighted by atomic mass is 10.0. The van der Waals surface area contributed by atoms with E-state index < -0.39 is 24.4 Å². The van der Waals surface area contributed by atoms with Crippen LogP contribution in [-0.4, -0.2) is 57.7 Å². The number of carbonyl (C=O) groups excluding carboxylic acids is 1. The van der Waals surface area contributed by atoms with Crippen LogP contribution in [0.1, 0.15) is 0 Å². The molecule has 0 aromatic rings. The minimum atomic E-state index is -1.71. The first-order valence-electron chi connectivity index (χ1n) is 3.42. The molecule has 6 nitrogen and oxygen atoms in total. The zero-order valence-corrected chi connectivity index (χ0v) is 6.37. The lowest BCUT2D eigenvalue weighted by Gasteiger charge is -2.22. The van der Waals surface area contributed by atoms with Crippen molar-refractivity contribution in [1.29, 1.82) is 0 Å². The van der Waals surface area contributed by atoms with Gasteiger partial charge in [0.1, 0.15) is 18.3 Å². The number of carbonyl (C=O) groups is 1. The van der Waals surface area contributed by atoms with Gasteiger partial charge in [0.25, 0.3) is 0 Å². The summed E-state index contributed by atoms with van der Waals surface area (Å²) in [6, 6.07) is 0. The Morgan fingerprint density at radius 2 is 1.67 bits per heavy atom. The number of rotatable bonds is 5. The maximum absolute atomic E-state index is 9.93. The largest absolute Gasteiger partial charge is 0.389 e. The van der Waals surface area contributed by atoms with Gasteiger partial charge in [-0.25, -0.2) is 0 Å². The van der Waals surface area contributed by atoms with E-state index in [4.69, 9.17) is 26.2 Å². The molecule has 72 valence electrons. The number of aldehydes is 1. The minimum Gasteiger partial charge on any atom is -0.389 e. The molecule has 0 aromatic heterocycles. The molecule has 0 radical (unpaired) electrons. The first-order valence-corrected chi connectivity index (χ1v) is 3.42. The van der Waals surface area contributed by atoms with E-state index in [1.807, 2.05) is 0 Å². The van der Waals surface area contributed by atoms with Crippen molar-refractivity contribution in [2.24, 2.45) is 5.73 Å². The molecule has 0 saturated carbocycles. The Bertz CT molecular complexity index is 142. The van der Waals surface area contributed by atoms with Crippen molar-refractivity contribution in [2.45, 2.75) is 24.4 Å². The monoisotopic (exact) mass is 179 g/mol. The van der Waals surface area contributed by atoms with Crippen molar-refractivity contribution in [2.75, 3.05) is 6.54 Å². The van der Waals surface area contributed by atoms with Gasteiger partial charge in [-0.1, -0.05) is 0 Å². The normalized spacial score (nSPS) is 21.1. The van der Waals surface area contributed by atoms with Crippen molar-refractivity contribution in [3.05, 3.63) is 0 Å². The molecule has 0 heterocycles. The van der Waals surface area contributed by atoms with Gasteiger partial charge in [0, 0.05) is 6.54 Å². The molecule has 0 fully saturated rings. The number of nitrogens with two attached hydrogens (primary N) is 1. The van der Waals surface area contributed by atoms with Crippen LogP contribution >= 0.6 is 0 Å². The minimum absolute atomic E-state index is 0.0666. The highest BCUT2D eigenvalue weighted by Gasteiger charge is 2.29. The van der Waals surface area contributed by atoms with Crippen LogP contribution in [0.3, 0.4) is 0 Å². The maximum Gasteiger partial charge on any atom is 0.151 e. The quantitative estimate of drug-likeness (QED) is 0.280. The zero-order valence-electron chi connectivity index (χ0n) is 6.37. The van der Waals surface area contributed by atoms with Crippen LogP contribution in [0.5, 0.6) is 0 Å². The van der Waals surface area contributed by atoms with Gasteiger partial charge < -0.3 is 31.0 Å². The van der Waals surface area contributed by atoms with Crippen molar-refractivity contribution >= 4 is 6.29 Å². The Balaban J connectivity index is 4.07. The smallest absolute Gasteiger partial charge is 0.151 e. The fourth-order valence-corrected chi connectivity index (χ4v) is 0.650. The fourth-order valence-electron chi connectivity index (χ4n) is 0.650. The molecule has 0 unspecified atom stereocenters. The lowest BCUT2D eigenvalue weighted by Crippen LogP contribution is -2.47. The summed E-state index contributed by atoms with van der Waals surface area (Å²) in [4.78, 5) is 9.93. The third-order valence-electron chi connectivity index (χ3n) is 1.47. The summed E-state index contributed by atoms with van der Waals surface area (Å²) in [6.07, 6.45) is -6.32. The summed E-state index contributed by atoms with van der Waals surface area (Å²) in [7, 11) is 0. The Morgan fingerprint density at radius 1 is 1.17 bits per heavy atom. The molecule has 0 saturated heterocycles. The second kappa shape index (κ2) is 5.18. The van der Waals surface area contributed by atoms with Crippen LogP contribution in [0.25, 0.3) is 0 Å². The van der Waals surface area contributed by atoms with Crippen LogP contribution < -0.4 is 5.73 Å². The van der Waals surface area contributed by atoms with E-state index in [-0.39, 0.29) is 12.8 Å². The van der Waals surface area contributed by atoms with Gasteiger partial charge in [-0.05, 0) is 0 Å². The fraction of sp³-hybridized carbons (Fsp3) is 0.833. The van der Waals surface area contributed by atoms with Crippen molar-refractivity contribution < 1.29 is 25.2 Å². The van der Waals surface area contributed by atoms with Crippen molar-refractivity contribution in [1.82, 2.24) is 0 Å². The maximum atomic E-state index is 9.93. The third-order valence-corrected chi connectivity index (χ3v) is 1.47. The van der Waals surface area contributed by atoms with E-state index in [2.05, 4.69) is 0 Å². The van der Waals surface area contributed by atoms with E-state index in [0.717, 1.165) is 0 Å². The molecule has 6 N–H and O–H groups in total. The Hall–Kier alpha value is -0.530. The van der Waals surface area contributed by atoms with E-state index in [1.54, 1.807) is 0 Å². The number of aliphatic hydroxyl groups excluding tert-OH is 4. The molecule has 0 bridgehead atoms. The van der Waals surface area contributed by atoms with Crippen LogP contribution in [0.4, 0.5) is 0 Å². The summed E-state index contributed by atoms with van der Waals surface area (Å²) >= 11 is 0. The van der Waals surface area contributed by atoms with E-state index in [9.17, 15) is 4.79 Å². The molecule has 0 aliphatic carbocycles. The molecule has 0 rings (SSSR count). The van der Waals surface area contributed by atoms with E-state index >= 15 is 0 Å². The molecule has 0 aliphatic rings. The average Bonchev–Trinajstić information content (AvgIpc) is 2.12. The van der Waals surface area contributed by atoms with Gasteiger partial charge in [-0.15, -0.1) is 0 Å². The average molecular weight is 179 g/mol. The molecular formula is C6H13NO5. The Morgan fingerprint density at radius 3 is 2.00 bits per heavy atom. The second-order valence-electron chi connectivity index (χ2n) is 2.41. The molecule has 12 heavy (non-hydrogen) atoms. The van der Waals surface area contributed by atoms with Gasteiger partial charge in [-0.3, -0.25) is 0 Å². The molecule has 0 aromatic carbocycles. The molecule has 0 aliphatic heterocycles. The topological polar surface area (TPSA) is 124 Å². The summed E-state index contributed by atoms with van der Waals surface area (Å²) in [5.41, 5.74) is 4.96. The van der Waals surface area contributed by atoms with Crippen molar-refractivity contribution in [3.63, 3.8) is 0 Å². The van der Waals surface area contributed by atoms with Crippen molar-refractivity contribution in [3.8, 4) is 0 Å². The zero-order chi connectivity index (χ0) is 9.72. The van der Waals surface area contributed by atoms with Gasteiger partial charge in [0.2, 0.25) is 0 Å². The SMILES string of the molecule is NC[C@@H](O)[C@@H](O)[C@H](O)[C@@H](O)C=O. The molecule has 0 spiro atoms. The molecular weight excluding hydrogens is 166 g/mol.